The van der Waals surface area contributed by atoms with Crippen molar-refractivity contribution in [3.8, 4) is 0 Å². The number of fused-ring (bicyclic) bond motifs is 2. The highest BCUT2D eigenvalue weighted by atomic mass is 16.5. The normalized spacial score (nSPS) is 44.8. The Morgan fingerprint density at radius 1 is 1.33 bits per heavy atom. The maximum Gasteiger partial charge on any atom is 0.0722 e. The molecule has 66 valence electrons. The zero-order valence-corrected chi connectivity index (χ0v) is 7.18. The molecule has 2 nitrogen and oxygen atoms in total. The minimum atomic E-state index is -0.221. The molecule has 0 aromatic heterocycles. The molecule has 0 saturated heterocycles. The van der Waals surface area contributed by atoms with Crippen molar-refractivity contribution in [1.29, 1.82) is 0 Å². The largest absolute Gasteiger partial charge is 0.392 e. The highest BCUT2D eigenvalue weighted by molar-refractivity contribution is 5.18. The molecule has 2 bridgehead atoms. The first-order valence-corrected chi connectivity index (χ1v) is 4.39. The Balaban J connectivity index is 2.25. The molecule has 0 aromatic carbocycles. The van der Waals surface area contributed by atoms with Crippen LogP contribution in [0.4, 0.5) is 0 Å². The molecule has 4 atom stereocenters. The quantitative estimate of drug-likeness (QED) is 0.632. The molecule has 2 rings (SSSR count). The average molecular weight is 166 g/mol. The number of methoxy groups -OCH3 is 1. The van der Waals surface area contributed by atoms with E-state index in [0.29, 0.717) is 5.92 Å². The van der Waals surface area contributed by atoms with E-state index < -0.39 is 0 Å². The summed E-state index contributed by atoms with van der Waals surface area (Å²) in [6.07, 6.45) is 9.01. The molecule has 0 amide bonds. The number of aliphatic hydroxyl groups excluding tert-OH is 1. The molecule has 12 heavy (non-hydrogen) atoms. The van der Waals surface area contributed by atoms with Crippen LogP contribution in [0.3, 0.4) is 0 Å². The number of allylic oxidation sites excluding steroid dienone is 2. The van der Waals surface area contributed by atoms with Crippen LogP contribution in [0.15, 0.2) is 24.3 Å². The van der Waals surface area contributed by atoms with Crippen LogP contribution in [0.25, 0.3) is 0 Å². The van der Waals surface area contributed by atoms with Crippen LogP contribution >= 0.6 is 0 Å². The highest BCUT2D eigenvalue weighted by Gasteiger charge is 2.40. The van der Waals surface area contributed by atoms with Gasteiger partial charge in [-0.2, -0.15) is 0 Å². The van der Waals surface area contributed by atoms with E-state index in [0.717, 1.165) is 6.42 Å². The first-order valence-electron chi connectivity index (χ1n) is 4.39. The van der Waals surface area contributed by atoms with Crippen molar-refractivity contribution in [2.45, 2.75) is 18.6 Å². The molecular weight excluding hydrogens is 152 g/mol. The first kappa shape index (κ1) is 8.02. The van der Waals surface area contributed by atoms with Crippen molar-refractivity contribution in [3.05, 3.63) is 24.3 Å². The van der Waals surface area contributed by atoms with Gasteiger partial charge in [-0.1, -0.05) is 24.3 Å². The van der Waals surface area contributed by atoms with Gasteiger partial charge in [0.1, 0.15) is 0 Å². The first-order chi connectivity index (χ1) is 5.83. The molecule has 2 aliphatic rings. The molecule has 2 heteroatoms. The van der Waals surface area contributed by atoms with E-state index in [9.17, 15) is 5.11 Å². The molecule has 2 aliphatic carbocycles. The molecular formula is C10H14O2. The van der Waals surface area contributed by atoms with Crippen molar-refractivity contribution in [2.24, 2.45) is 11.8 Å². The summed E-state index contributed by atoms with van der Waals surface area (Å²) in [5.41, 5.74) is 0. The van der Waals surface area contributed by atoms with Gasteiger partial charge < -0.3 is 9.84 Å². The summed E-state index contributed by atoms with van der Waals surface area (Å²) < 4.78 is 5.37. The number of ether oxygens (including phenoxy) is 1. The third-order valence-electron chi connectivity index (χ3n) is 2.83. The summed E-state index contributed by atoms with van der Waals surface area (Å²) in [5, 5.41) is 9.66. The van der Waals surface area contributed by atoms with Crippen LogP contribution in [0.1, 0.15) is 6.42 Å². The van der Waals surface area contributed by atoms with E-state index in [2.05, 4.69) is 6.08 Å². The standard InChI is InChI=1S/C10H14O2/c1-12-10-7-4-2-3-5-8(10)9(11)6-7/h2-5,7-11H,6H2,1H3. The van der Waals surface area contributed by atoms with Crippen LogP contribution in [0.2, 0.25) is 0 Å². The number of hydrogen-bond acceptors (Lipinski definition) is 2. The maximum atomic E-state index is 9.66. The third-order valence-corrected chi connectivity index (χ3v) is 2.83. The lowest BCUT2D eigenvalue weighted by molar-refractivity contribution is 0.0437. The molecule has 0 aromatic rings. The molecule has 0 radical (unpaired) electrons. The predicted molar refractivity (Wildman–Crippen MR) is 46.7 cm³/mol. The summed E-state index contributed by atoms with van der Waals surface area (Å²) in [7, 11) is 1.72. The minimum absolute atomic E-state index is 0.176. The molecule has 4 unspecified atom stereocenters. The molecule has 1 N–H and O–H groups in total. The summed E-state index contributed by atoms with van der Waals surface area (Å²) in [5.74, 6) is 0.583. The van der Waals surface area contributed by atoms with Gasteiger partial charge >= 0.3 is 0 Å². The number of rotatable bonds is 1. The minimum Gasteiger partial charge on any atom is -0.392 e. The lowest BCUT2D eigenvalue weighted by atomic mass is 10.0. The highest BCUT2D eigenvalue weighted by Crippen LogP contribution is 2.36. The second-order valence-corrected chi connectivity index (χ2v) is 3.51. The summed E-state index contributed by atoms with van der Waals surface area (Å²) in [6.45, 7) is 0. The maximum absolute atomic E-state index is 9.66. The Morgan fingerprint density at radius 3 is 2.83 bits per heavy atom. The Hall–Kier alpha value is -0.600. The SMILES string of the molecule is COC1C2C=CC=CC1C(O)C2. The van der Waals surface area contributed by atoms with Gasteiger partial charge in [0.15, 0.2) is 0 Å². The molecule has 1 saturated carbocycles. The van der Waals surface area contributed by atoms with Crippen LogP contribution in [-0.2, 0) is 4.74 Å². The molecule has 0 aliphatic heterocycles. The second-order valence-electron chi connectivity index (χ2n) is 3.51. The zero-order chi connectivity index (χ0) is 8.55. The van der Waals surface area contributed by atoms with Crippen LogP contribution in [0.5, 0.6) is 0 Å². The van der Waals surface area contributed by atoms with Crippen molar-refractivity contribution in [2.75, 3.05) is 7.11 Å². The Bertz CT molecular complexity index is 220. The Labute approximate surface area is 72.5 Å². The molecule has 0 spiro atoms. The lowest BCUT2D eigenvalue weighted by Gasteiger charge is -2.18. The summed E-state index contributed by atoms with van der Waals surface area (Å²) >= 11 is 0. The van der Waals surface area contributed by atoms with Gasteiger partial charge in [0.25, 0.3) is 0 Å². The van der Waals surface area contributed by atoms with Crippen molar-refractivity contribution >= 4 is 0 Å². The van der Waals surface area contributed by atoms with Gasteiger partial charge in [-0.05, 0) is 6.42 Å². The van der Waals surface area contributed by atoms with Gasteiger partial charge in [0, 0.05) is 18.9 Å². The predicted octanol–water partition coefficient (Wildman–Crippen LogP) is 1.12. The fraction of sp³-hybridized carbons (Fsp3) is 0.600. The van der Waals surface area contributed by atoms with Crippen LogP contribution < -0.4 is 0 Å². The van der Waals surface area contributed by atoms with Gasteiger partial charge in [0.2, 0.25) is 0 Å². The van der Waals surface area contributed by atoms with Crippen LogP contribution in [-0.4, -0.2) is 24.4 Å². The van der Waals surface area contributed by atoms with E-state index >= 15 is 0 Å². The Morgan fingerprint density at radius 2 is 2.08 bits per heavy atom. The van der Waals surface area contributed by atoms with E-state index in [-0.39, 0.29) is 18.1 Å². The smallest absolute Gasteiger partial charge is 0.0722 e. The van der Waals surface area contributed by atoms with E-state index in [4.69, 9.17) is 4.74 Å². The fourth-order valence-corrected chi connectivity index (χ4v) is 2.23. The second kappa shape index (κ2) is 3.04. The van der Waals surface area contributed by atoms with Crippen molar-refractivity contribution in [1.82, 2.24) is 0 Å². The Kier molecular flexibility index (Phi) is 2.03. The van der Waals surface area contributed by atoms with E-state index in [1.165, 1.54) is 0 Å². The lowest BCUT2D eigenvalue weighted by Crippen LogP contribution is -2.24. The summed E-state index contributed by atoms with van der Waals surface area (Å²) in [4.78, 5) is 0. The van der Waals surface area contributed by atoms with Crippen molar-refractivity contribution < 1.29 is 9.84 Å². The van der Waals surface area contributed by atoms with E-state index in [1.54, 1.807) is 7.11 Å². The third kappa shape index (κ3) is 1.11. The fourth-order valence-electron chi connectivity index (χ4n) is 2.23. The van der Waals surface area contributed by atoms with E-state index in [1.807, 2.05) is 18.2 Å². The number of aliphatic hydroxyl groups is 1. The molecule has 1 fully saturated rings. The topological polar surface area (TPSA) is 29.5 Å². The van der Waals surface area contributed by atoms with Gasteiger partial charge in [-0.25, -0.2) is 0 Å². The van der Waals surface area contributed by atoms with Gasteiger partial charge in [-0.15, -0.1) is 0 Å². The average Bonchev–Trinajstić information content (AvgIpc) is 2.25. The van der Waals surface area contributed by atoms with Gasteiger partial charge in [-0.3, -0.25) is 0 Å². The monoisotopic (exact) mass is 166 g/mol. The van der Waals surface area contributed by atoms with Crippen molar-refractivity contribution in [3.63, 3.8) is 0 Å². The molecule has 0 heterocycles. The number of hydrogen-bond donors (Lipinski definition) is 1. The summed E-state index contributed by atoms with van der Waals surface area (Å²) in [6, 6.07) is 0. The van der Waals surface area contributed by atoms with Gasteiger partial charge in [0.05, 0.1) is 12.2 Å². The van der Waals surface area contributed by atoms with Crippen LogP contribution in [0, 0.1) is 11.8 Å². The zero-order valence-electron chi connectivity index (χ0n) is 7.18.